The number of halogens is 1. The number of carbonyl (C=O) groups excluding carboxylic acids is 1. The van der Waals surface area contributed by atoms with Gasteiger partial charge in [-0.2, -0.15) is 0 Å². The van der Waals surface area contributed by atoms with Crippen LogP contribution in [0, 0.1) is 6.92 Å². The summed E-state index contributed by atoms with van der Waals surface area (Å²) in [5.41, 5.74) is 3.44. The minimum Gasteiger partial charge on any atom is -0.489 e. The number of nitrogens with one attached hydrogen (secondary N) is 2. The van der Waals surface area contributed by atoms with E-state index in [0.29, 0.717) is 17.3 Å². The van der Waals surface area contributed by atoms with E-state index in [0.717, 1.165) is 22.6 Å². The molecule has 0 heterocycles. The molecule has 2 aromatic rings. The molecule has 0 saturated heterocycles. The van der Waals surface area contributed by atoms with Gasteiger partial charge in [-0.05, 0) is 61.4 Å². The van der Waals surface area contributed by atoms with Crippen molar-refractivity contribution in [2.24, 2.45) is 0 Å². The Hall–Kier alpha value is -2.46. The van der Waals surface area contributed by atoms with E-state index in [1.165, 1.54) is 0 Å². The summed E-state index contributed by atoms with van der Waals surface area (Å²) in [5, 5.41) is 6.59. The number of carbonyl (C=O) groups is 1. The van der Waals surface area contributed by atoms with Crippen molar-refractivity contribution in [2.45, 2.75) is 13.8 Å². The Morgan fingerprint density at radius 3 is 2.58 bits per heavy atom. The van der Waals surface area contributed by atoms with E-state index in [1.807, 2.05) is 44.2 Å². The highest BCUT2D eigenvalue weighted by Crippen LogP contribution is 2.22. The fourth-order valence-electron chi connectivity index (χ4n) is 2.02. The van der Waals surface area contributed by atoms with Crippen LogP contribution in [0.2, 0.25) is 5.02 Å². The molecular weight excluding hydrogens is 324 g/mol. The van der Waals surface area contributed by atoms with Crippen LogP contribution in [-0.4, -0.2) is 19.1 Å². The summed E-state index contributed by atoms with van der Waals surface area (Å²) in [4.78, 5) is 12.0. The normalized spacial score (nSPS) is 10.1. The summed E-state index contributed by atoms with van der Waals surface area (Å²) in [6.07, 6.45) is 0. The smallest absolute Gasteiger partial charge is 0.243 e. The van der Waals surface area contributed by atoms with Crippen molar-refractivity contribution in [2.75, 3.05) is 23.8 Å². The van der Waals surface area contributed by atoms with E-state index in [-0.39, 0.29) is 12.5 Å². The van der Waals surface area contributed by atoms with Crippen LogP contribution in [0.15, 0.2) is 54.6 Å². The van der Waals surface area contributed by atoms with Gasteiger partial charge in [0.05, 0.1) is 6.54 Å². The van der Waals surface area contributed by atoms with E-state index < -0.39 is 0 Å². The van der Waals surface area contributed by atoms with Gasteiger partial charge in [-0.15, -0.1) is 0 Å². The van der Waals surface area contributed by atoms with Gasteiger partial charge in [0.15, 0.2) is 0 Å². The maximum Gasteiger partial charge on any atom is 0.243 e. The predicted molar refractivity (Wildman–Crippen MR) is 100 cm³/mol. The summed E-state index contributed by atoms with van der Waals surface area (Å²) in [7, 11) is 0. The first-order valence-electron chi connectivity index (χ1n) is 7.62. The second-order valence-electron chi connectivity index (χ2n) is 5.58. The topological polar surface area (TPSA) is 50.4 Å². The molecule has 0 spiro atoms. The molecule has 0 aliphatic carbocycles. The minimum atomic E-state index is -0.134. The Morgan fingerprint density at radius 2 is 1.92 bits per heavy atom. The van der Waals surface area contributed by atoms with E-state index in [2.05, 4.69) is 17.2 Å². The third kappa shape index (κ3) is 5.32. The predicted octanol–water partition coefficient (Wildman–Crippen LogP) is 4.65. The standard InChI is InChI=1S/C19H21ClN2O2/c1-13(2)12-24-16-9-7-15(8-10-16)22-19(23)11-21-18-6-4-5-17(20)14(18)3/h4-10,21H,1,11-12H2,2-3H3,(H,22,23). The van der Waals surface area contributed by atoms with Gasteiger partial charge in [0, 0.05) is 16.4 Å². The zero-order valence-corrected chi connectivity index (χ0v) is 14.6. The van der Waals surface area contributed by atoms with Crippen LogP contribution in [0.3, 0.4) is 0 Å². The summed E-state index contributed by atoms with van der Waals surface area (Å²) < 4.78 is 5.52. The van der Waals surface area contributed by atoms with Crippen molar-refractivity contribution >= 4 is 28.9 Å². The number of ether oxygens (including phenoxy) is 1. The fourth-order valence-corrected chi connectivity index (χ4v) is 2.20. The van der Waals surface area contributed by atoms with E-state index in [1.54, 1.807) is 12.1 Å². The molecule has 2 N–H and O–H groups in total. The molecule has 0 atom stereocenters. The van der Waals surface area contributed by atoms with Crippen LogP contribution in [0.5, 0.6) is 5.75 Å². The van der Waals surface area contributed by atoms with Crippen LogP contribution in [-0.2, 0) is 4.79 Å². The monoisotopic (exact) mass is 344 g/mol. The van der Waals surface area contributed by atoms with Gasteiger partial charge in [-0.1, -0.05) is 24.2 Å². The average Bonchev–Trinajstić information content (AvgIpc) is 2.55. The van der Waals surface area contributed by atoms with E-state index >= 15 is 0 Å². The molecule has 2 aromatic carbocycles. The first-order valence-corrected chi connectivity index (χ1v) is 7.99. The Morgan fingerprint density at radius 1 is 1.21 bits per heavy atom. The highest BCUT2D eigenvalue weighted by Gasteiger charge is 2.06. The highest BCUT2D eigenvalue weighted by molar-refractivity contribution is 6.31. The Balaban J connectivity index is 1.86. The largest absolute Gasteiger partial charge is 0.489 e. The van der Waals surface area contributed by atoms with Crippen LogP contribution in [0.25, 0.3) is 0 Å². The zero-order valence-electron chi connectivity index (χ0n) is 13.9. The lowest BCUT2D eigenvalue weighted by molar-refractivity contribution is -0.114. The summed E-state index contributed by atoms with van der Waals surface area (Å²) >= 11 is 6.06. The lowest BCUT2D eigenvalue weighted by atomic mass is 10.2. The number of benzene rings is 2. The molecule has 0 radical (unpaired) electrons. The third-order valence-corrected chi connectivity index (χ3v) is 3.74. The Bertz CT molecular complexity index is 727. The number of hydrogen-bond donors (Lipinski definition) is 2. The first kappa shape index (κ1) is 17.9. The lowest BCUT2D eigenvalue weighted by Gasteiger charge is -2.11. The lowest BCUT2D eigenvalue weighted by Crippen LogP contribution is -2.22. The molecule has 126 valence electrons. The second kappa shape index (κ2) is 8.41. The van der Waals surface area contributed by atoms with Crippen molar-refractivity contribution in [3.8, 4) is 5.75 Å². The number of hydrogen-bond acceptors (Lipinski definition) is 3. The van der Waals surface area contributed by atoms with Crippen molar-refractivity contribution in [3.63, 3.8) is 0 Å². The summed E-state index contributed by atoms with van der Waals surface area (Å²) in [6.45, 7) is 8.24. The third-order valence-electron chi connectivity index (χ3n) is 3.33. The van der Waals surface area contributed by atoms with Gasteiger partial charge >= 0.3 is 0 Å². The maximum atomic E-state index is 12.0. The molecule has 0 fully saturated rings. The molecule has 0 aromatic heterocycles. The molecule has 24 heavy (non-hydrogen) atoms. The molecule has 0 unspecified atom stereocenters. The van der Waals surface area contributed by atoms with Gasteiger partial charge in [-0.3, -0.25) is 4.79 Å². The summed E-state index contributed by atoms with van der Waals surface area (Å²) in [5.74, 6) is 0.605. The van der Waals surface area contributed by atoms with Crippen molar-refractivity contribution in [1.29, 1.82) is 0 Å². The second-order valence-corrected chi connectivity index (χ2v) is 5.99. The quantitative estimate of drug-likeness (QED) is 0.718. The highest BCUT2D eigenvalue weighted by atomic mass is 35.5. The van der Waals surface area contributed by atoms with Gasteiger partial charge in [-0.25, -0.2) is 0 Å². The number of rotatable bonds is 7. The molecule has 0 aliphatic rings. The van der Waals surface area contributed by atoms with Gasteiger partial charge in [0.1, 0.15) is 12.4 Å². The van der Waals surface area contributed by atoms with Crippen molar-refractivity contribution in [1.82, 2.24) is 0 Å². The van der Waals surface area contributed by atoms with Crippen LogP contribution >= 0.6 is 11.6 Å². The molecular formula is C19H21ClN2O2. The first-order chi connectivity index (χ1) is 11.5. The SMILES string of the molecule is C=C(C)COc1ccc(NC(=O)CNc2cccc(Cl)c2C)cc1. The van der Waals surface area contributed by atoms with Gasteiger partial charge in [0.25, 0.3) is 0 Å². The fraction of sp³-hybridized carbons (Fsp3) is 0.211. The molecule has 0 bridgehead atoms. The number of anilines is 2. The maximum absolute atomic E-state index is 12.0. The molecule has 5 heteroatoms. The molecule has 0 saturated carbocycles. The molecule has 4 nitrogen and oxygen atoms in total. The van der Waals surface area contributed by atoms with Crippen molar-refractivity contribution in [3.05, 3.63) is 65.2 Å². The minimum absolute atomic E-state index is 0.134. The van der Waals surface area contributed by atoms with Gasteiger partial charge < -0.3 is 15.4 Å². The average molecular weight is 345 g/mol. The molecule has 0 aliphatic heterocycles. The van der Waals surface area contributed by atoms with Crippen LogP contribution < -0.4 is 15.4 Å². The Labute approximate surface area is 147 Å². The molecule has 1 amide bonds. The van der Waals surface area contributed by atoms with E-state index in [4.69, 9.17) is 16.3 Å². The van der Waals surface area contributed by atoms with Crippen LogP contribution in [0.1, 0.15) is 12.5 Å². The molecule has 2 rings (SSSR count). The number of amides is 1. The van der Waals surface area contributed by atoms with Gasteiger partial charge in [0.2, 0.25) is 5.91 Å². The van der Waals surface area contributed by atoms with Crippen molar-refractivity contribution < 1.29 is 9.53 Å². The summed E-state index contributed by atoms with van der Waals surface area (Å²) in [6, 6.07) is 12.8. The van der Waals surface area contributed by atoms with Crippen LogP contribution in [0.4, 0.5) is 11.4 Å². The van der Waals surface area contributed by atoms with E-state index in [9.17, 15) is 4.79 Å². The Kier molecular flexibility index (Phi) is 6.27. The zero-order chi connectivity index (χ0) is 17.5.